The number of halogens is 2. The maximum Gasteiger partial charge on any atom is 0.387 e. The molecule has 0 heterocycles. The van der Waals surface area contributed by atoms with Crippen molar-refractivity contribution in [1.82, 2.24) is 10.2 Å². The topological polar surface area (TPSA) is 78.9 Å². The Balaban J connectivity index is 1.68. The van der Waals surface area contributed by atoms with Crippen LogP contribution in [0, 0.1) is 0 Å². The second kappa shape index (κ2) is 9.47. The molecule has 0 radical (unpaired) electrons. The third-order valence-electron chi connectivity index (χ3n) is 4.53. The van der Waals surface area contributed by atoms with E-state index in [0.29, 0.717) is 19.4 Å². The zero-order chi connectivity index (χ0) is 19.1. The maximum atomic E-state index is 12.1. The molecule has 2 rings (SSSR count). The lowest BCUT2D eigenvalue weighted by molar-refractivity contribution is -0.139. The smallest absolute Gasteiger partial charge is 0.387 e. The Morgan fingerprint density at radius 1 is 1.31 bits per heavy atom. The number of alkyl halides is 2. The molecule has 0 bridgehead atoms. The molecular weight excluding hydrogens is 346 g/mol. The number of carboxylic acid groups (broad SMARTS) is 1. The highest BCUT2D eigenvalue weighted by molar-refractivity contribution is 5.76. The molecule has 26 heavy (non-hydrogen) atoms. The number of amides is 1. The normalized spacial score (nSPS) is 19.3. The lowest BCUT2D eigenvalue weighted by atomic mass is 9.85. The first kappa shape index (κ1) is 20.1. The van der Waals surface area contributed by atoms with Crippen molar-refractivity contribution in [3.05, 3.63) is 29.8 Å². The summed E-state index contributed by atoms with van der Waals surface area (Å²) < 4.78 is 28.5. The Bertz CT molecular complexity index is 604. The summed E-state index contributed by atoms with van der Waals surface area (Å²) in [5.74, 6) is -0.817. The van der Waals surface area contributed by atoms with E-state index in [9.17, 15) is 18.4 Å². The Labute approximate surface area is 151 Å². The molecule has 0 spiro atoms. The van der Waals surface area contributed by atoms with Crippen LogP contribution in [-0.2, 0) is 16.0 Å². The number of aryl methyl sites for hydroxylation is 1. The summed E-state index contributed by atoms with van der Waals surface area (Å²) in [6.45, 7) is -0.236. The van der Waals surface area contributed by atoms with Gasteiger partial charge in [0, 0.05) is 18.5 Å². The maximum absolute atomic E-state index is 12.1. The number of nitrogens with one attached hydrogen (secondary N) is 1. The monoisotopic (exact) mass is 370 g/mol. The molecule has 6 nitrogen and oxygen atoms in total. The van der Waals surface area contributed by atoms with Gasteiger partial charge >= 0.3 is 12.6 Å². The van der Waals surface area contributed by atoms with Crippen LogP contribution < -0.4 is 10.1 Å². The van der Waals surface area contributed by atoms with Crippen molar-refractivity contribution in [1.29, 1.82) is 0 Å². The molecule has 0 saturated heterocycles. The molecular formula is C18H24F2N2O4. The molecule has 1 amide bonds. The van der Waals surface area contributed by atoms with E-state index in [4.69, 9.17) is 5.11 Å². The highest BCUT2D eigenvalue weighted by atomic mass is 19.3. The summed E-state index contributed by atoms with van der Waals surface area (Å²) in [6.07, 6.45) is 2.33. The van der Waals surface area contributed by atoms with Crippen molar-refractivity contribution >= 4 is 11.9 Å². The number of benzene rings is 1. The van der Waals surface area contributed by atoms with E-state index in [2.05, 4.69) is 10.1 Å². The first-order valence-electron chi connectivity index (χ1n) is 8.66. The van der Waals surface area contributed by atoms with Crippen molar-refractivity contribution in [2.45, 2.75) is 51.3 Å². The summed E-state index contributed by atoms with van der Waals surface area (Å²) in [5, 5.41) is 11.8. The summed E-state index contributed by atoms with van der Waals surface area (Å²) in [6, 6.07) is 6.51. The number of carbonyl (C=O) groups is 2. The first-order valence-corrected chi connectivity index (χ1v) is 8.66. The largest absolute Gasteiger partial charge is 0.480 e. The number of hydrogen-bond donors (Lipinski definition) is 2. The summed E-state index contributed by atoms with van der Waals surface area (Å²) in [5.41, 5.74) is 0.867. The Hall–Kier alpha value is -2.22. The minimum absolute atomic E-state index is 0.0209. The minimum Gasteiger partial charge on any atom is -0.480 e. The third kappa shape index (κ3) is 6.25. The van der Waals surface area contributed by atoms with Crippen molar-refractivity contribution in [3.8, 4) is 5.75 Å². The number of rotatable bonds is 10. The van der Waals surface area contributed by atoms with Crippen molar-refractivity contribution < 1.29 is 28.2 Å². The highest BCUT2D eigenvalue weighted by Gasteiger charge is 2.34. The van der Waals surface area contributed by atoms with E-state index in [1.807, 2.05) is 11.8 Å². The zero-order valence-corrected chi connectivity index (χ0v) is 14.7. The number of ether oxygens (including phenoxy) is 1. The molecule has 0 atom stereocenters. The SMILES string of the molecule is CCN(CC(=O)O)C1CC(NC(=O)CCc2ccc(OC(F)F)cc2)C1. The van der Waals surface area contributed by atoms with Gasteiger partial charge in [-0.1, -0.05) is 19.1 Å². The molecule has 8 heteroatoms. The number of carbonyl (C=O) groups excluding carboxylic acids is 1. The van der Waals surface area contributed by atoms with Gasteiger partial charge in [0.1, 0.15) is 5.75 Å². The van der Waals surface area contributed by atoms with Crippen molar-refractivity contribution in [3.63, 3.8) is 0 Å². The summed E-state index contributed by atoms with van der Waals surface area (Å²) >= 11 is 0. The van der Waals surface area contributed by atoms with Gasteiger partial charge in [-0.3, -0.25) is 14.5 Å². The number of hydrogen-bond acceptors (Lipinski definition) is 4. The van der Waals surface area contributed by atoms with Crippen molar-refractivity contribution in [2.24, 2.45) is 0 Å². The van der Waals surface area contributed by atoms with Gasteiger partial charge in [-0.2, -0.15) is 8.78 Å². The molecule has 0 aliphatic heterocycles. The van der Waals surface area contributed by atoms with Crippen LogP contribution in [0.15, 0.2) is 24.3 Å². The van der Waals surface area contributed by atoms with Gasteiger partial charge in [0.05, 0.1) is 6.54 Å². The van der Waals surface area contributed by atoms with Crippen LogP contribution >= 0.6 is 0 Å². The Kier molecular flexibility index (Phi) is 7.32. The molecule has 2 N–H and O–H groups in total. The second-order valence-corrected chi connectivity index (χ2v) is 6.37. The second-order valence-electron chi connectivity index (χ2n) is 6.37. The van der Waals surface area contributed by atoms with E-state index < -0.39 is 12.6 Å². The Morgan fingerprint density at radius 2 is 1.96 bits per heavy atom. The molecule has 1 aromatic carbocycles. The predicted octanol–water partition coefficient (Wildman–Crippen LogP) is 2.27. The number of carboxylic acids is 1. The van der Waals surface area contributed by atoms with E-state index in [1.165, 1.54) is 12.1 Å². The number of nitrogens with zero attached hydrogens (tertiary/aromatic N) is 1. The molecule has 0 aromatic heterocycles. The molecule has 1 aromatic rings. The van der Waals surface area contributed by atoms with Gasteiger partial charge in [0.2, 0.25) is 5.91 Å². The standard InChI is InChI=1S/C18H24F2N2O4/c1-2-22(11-17(24)25)14-9-13(10-14)21-16(23)8-5-12-3-6-15(7-4-12)26-18(19)20/h3-4,6-7,13-14,18H,2,5,8-11H2,1H3,(H,21,23)(H,24,25). The van der Waals surface area contributed by atoms with Crippen LogP contribution in [0.2, 0.25) is 0 Å². The molecule has 1 aliphatic rings. The average molecular weight is 370 g/mol. The van der Waals surface area contributed by atoms with Gasteiger partial charge < -0.3 is 15.2 Å². The van der Waals surface area contributed by atoms with Crippen LogP contribution in [0.1, 0.15) is 31.7 Å². The van der Waals surface area contributed by atoms with Gasteiger partial charge in [0.15, 0.2) is 0 Å². The van der Waals surface area contributed by atoms with E-state index in [1.54, 1.807) is 12.1 Å². The quantitative estimate of drug-likeness (QED) is 0.661. The van der Waals surface area contributed by atoms with Crippen LogP contribution in [0.25, 0.3) is 0 Å². The molecule has 1 fully saturated rings. The van der Waals surface area contributed by atoms with Crippen LogP contribution in [0.4, 0.5) is 8.78 Å². The molecule has 1 saturated carbocycles. The zero-order valence-electron chi connectivity index (χ0n) is 14.7. The summed E-state index contributed by atoms with van der Waals surface area (Å²) in [7, 11) is 0. The fourth-order valence-corrected chi connectivity index (χ4v) is 3.07. The fraction of sp³-hybridized carbons (Fsp3) is 0.556. The fourth-order valence-electron chi connectivity index (χ4n) is 3.07. The van der Waals surface area contributed by atoms with Crippen LogP contribution in [0.5, 0.6) is 5.75 Å². The highest BCUT2D eigenvalue weighted by Crippen LogP contribution is 2.25. The van der Waals surface area contributed by atoms with Crippen molar-refractivity contribution in [2.75, 3.05) is 13.1 Å². The van der Waals surface area contributed by atoms with Crippen LogP contribution in [0.3, 0.4) is 0 Å². The van der Waals surface area contributed by atoms with Gasteiger partial charge in [-0.25, -0.2) is 0 Å². The number of likely N-dealkylation sites (N-methyl/N-ethyl adjacent to an activating group) is 1. The van der Waals surface area contributed by atoms with Gasteiger partial charge in [-0.15, -0.1) is 0 Å². The lowest BCUT2D eigenvalue weighted by Gasteiger charge is -2.42. The average Bonchev–Trinajstić information content (AvgIpc) is 2.54. The molecule has 0 unspecified atom stereocenters. The molecule has 144 valence electrons. The first-order chi connectivity index (χ1) is 12.4. The number of aliphatic carboxylic acids is 1. The summed E-state index contributed by atoms with van der Waals surface area (Å²) in [4.78, 5) is 24.7. The molecule has 1 aliphatic carbocycles. The third-order valence-corrected chi connectivity index (χ3v) is 4.53. The van der Waals surface area contributed by atoms with Gasteiger partial charge in [-0.05, 0) is 43.5 Å². The van der Waals surface area contributed by atoms with E-state index in [0.717, 1.165) is 18.4 Å². The minimum atomic E-state index is -2.85. The predicted molar refractivity (Wildman–Crippen MR) is 91.2 cm³/mol. The van der Waals surface area contributed by atoms with Gasteiger partial charge in [0.25, 0.3) is 0 Å². The van der Waals surface area contributed by atoms with E-state index in [-0.39, 0.29) is 30.3 Å². The van der Waals surface area contributed by atoms with Crippen LogP contribution in [-0.4, -0.2) is 53.7 Å². The Morgan fingerprint density at radius 3 is 2.50 bits per heavy atom. The van der Waals surface area contributed by atoms with E-state index >= 15 is 0 Å². The lowest BCUT2D eigenvalue weighted by Crippen LogP contribution is -2.54.